The summed E-state index contributed by atoms with van der Waals surface area (Å²) in [5.41, 5.74) is 4.37. The molecule has 2 aromatic heterocycles. The van der Waals surface area contributed by atoms with E-state index < -0.39 is 0 Å². The van der Waals surface area contributed by atoms with Crippen LogP contribution in [0.5, 0.6) is 0 Å². The van der Waals surface area contributed by atoms with Gasteiger partial charge in [-0.3, -0.25) is 0 Å². The average Bonchev–Trinajstić information content (AvgIpc) is 3.18. The molecule has 3 aromatic rings. The molecule has 4 rings (SSSR count). The van der Waals surface area contributed by atoms with Crippen LogP contribution in [-0.2, 0) is 4.74 Å². The largest absolute Gasteiger partial charge is 0.378 e. The van der Waals surface area contributed by atoms with Gasteiger partial charge in [0.05, 0.1) is 13.2 Å². The lowest BCUT2D eigenvalue weighted by Gasteiger charge is -2.29. The van der Waals surface area contributed by atoms with Crippen LogP contribution in [0.1, 0.15) is 0 Å². The fraction of sp³-hybridized carbons (Fsp3) is 0.222. The Hall–Kier alpha value is -2.44. The summed E-state index contributed by atoms with van der Waals surface area (Å²) in [5, 5.41) is 7.43. The molecule has 0 radical (unpaired) electrons. The first-order valence-corrected chi connectivity index (χ1v) is 8.87. The highest BCUT2D eigenvalue weighted by Gasteiger charge is 2.11. The summed E-state index contributed by atoms with van der Waals surface area (Å²) >= 11 is 1.67. The first kappa shape index (κ1) is 15.1. The zero-order valence-electron chi connectivity index (χ0n) is 13.2. The quantitative estimate of drug-likeness (QED) is 0.784. The Balaban J connectivity index is 1.48. The predicted octanol–water partition coefficient (Wildman–Crippen LogP) is 3.79. The van der Waals surface area contributed by atoms with Gasteiger partial charge in [0.1, 0.15) is 0 Å². The van der Waals surface area contributed by atoms with E-state index in [1.807, 2.05) is 24.5 Å². The number of hydrogen-bond donors (Lipinski definition) is 1. The van der Waals surface area contributed by atoms with E-state index in [9.17, 15) is 0 Å². The van der Waals surface area contributed by atoms with E-state index in [2.05, 4.69) is 49.1 Å². The normalized spacial score (nSPS) is 14.6. The third kappa shape index (κ3) is 3.39. The van der Waals surface area contributed by atoms with E-state index in [-0.39, 0.29) is 0 Å². The van der Waals surface area contributed by atoms with Crippen LogP contribution >= 0.6 is 11.3 Å². The molecule has 5 nitrogen and oxygen atoms in total. The molecule has 6 heteroatoms. The van der Waals surface area contributed by atoms with Gasteiger partial charge in [-0.25, -0.2) is 9.97 Å². The van der Waals surface area contributed by atoms with Crippen LogP contribution in [0.2, 0.25) is 0 Å². The highest BCUT2D eigenvalue weighted by atomic mass is 32.1. The minimum atomic E-state index is 0.605. The lowest BCUT2D eigenvalue weighted by Crippen LogP contribution is -2.36. The van der Waals surface area contributed by atoms with Crippen LogP contribution in [0.3, 0.4) is 0 Å². The molecule has 0 spiro atoms. The Morgan fingerprint density at radius 3 is 2.62 bits per heavy atom. The minimum absolute atomic E-state index is 0.605. The topological polar surface area (TPSA) is 50.3 Å². The number of aromatic nitrogens is 2. The summed E-state index contributed by atoms with van der Waals surface area (Å²) in [5.74, 6) is 0.605. The molecule has 0 unspecified atom stereocenters. The molecule has 24 heavy (non-hydrogen) atoms. The first-order chi connectivity index (χ1) is 11.9. The summed E-state index contributed by atoms with van der Waals surface area (Å²) in [4.78, 5) is 11.2. The Bertz CT molecular complexity index is 783. The molecule has 122 valence electrons. The Labute approximate surface area is 145 Å². The van der Waals surface area contributed by atoms with Crippen molar-refractivity contribution >= 4 is 28.7 Å². The molecular formula is C18H18N4OS. The van der Waals surface area contributed by atoms with E-state index in [1.165, 1.54) is 5.69 Å². The second kappa shape index (κ2) is 6.98. The number of nitrogens with one attached hydrogen (secondary N) is 1. The highest BCUT2D eigenvalue weighted by Crippen LogP contribution is 2.24. The monoisotopic (exact) mass is 338 g/mol. The molecule has 0 amide bonds. The van der Waals surface area contributed by atoms with Crippen molar-refractivity contribution in [1.82, 2.24) is 9.97 Å². The van der Waals surface area contributed by atoms with E-state index in [0.717, 1.165) is 43.1 Å². The lowest BCUT2D eigenvalue weighted by molar-refractivity contribution is 0.122. The van der Waals surface area contributed by atoms with Crippen molar-refractivity contribution in [2.45, 2.75) is 0 Å². The minimum Gasteiger partial charge on any atom is -0.378 e. The van der Waals surface area contributed by atoms with Gasteiger partial charge in [0.2, 0.25) is 5.95 Å². The number of nitrogens with zero attached hydrogens (tertiary/aromatic N) is 3. The van der Waals surface area contributed by atoms with Gasteiger partial charge in [-0.15, -0.1) is 0 Å². The van der Waals surface area contributed by atoms with Crippen molar-refractivity contribution in [1.29, 1.82) is 0 Å². The molecule has 0 bridgehead atoms. The Morgan fingerprint density at radius 1 is 1.04 bits per heavy atom. The van der Waals surface area contributed by atoms with Crippen LogP contribution in [0.15, 0.2) is 53.5 Å². The van der Waals surface area contributed by atoms with Crippen molar-refractivity contribution < 1.29 is 4.74 Å². The molecule has 0 saturated carbocycles. The van der Waals surface area contributed by atoms with Crippen molar-refractivity contribution in [3.8, 4) is 11.1 Å². The van der Waals surface area contributed by atoms with Crippen LogP contribution in [-0.4, -0.2) is 36.3 Å². The maximum atomic E-state index is 5.41. The Kier molecular flexibility index (Phi) is 4.40. The summed E-state index contributed by atoms with van der Waals surface area (Å²) in [6.45, 7) is 3.42. The van der Waals surface area contributed by atoms with E-state index in [1.54, 1.807) is 11.3 Å². The third-order valence-electron chi connectivity index (χ3n) is 3.98. The molecule has 1 aliphatic rings. The summed E-state index contributed by atoms with van der Waals surface area (Å²) in [6.07, 6.45) is 3.70. The summed E-state index contributed by atoms with van der Waals surface area (Å²) in [6, 6.07) is 10.4. The van der Waals surface area contributed by atoms with Crippen LogP contribution in [0, 0.1) is 0 Å². The van der Waals surface area contributed by atoms with Gasteiger partial charge in [-0.2, -0.15) is 11.3 Å². The molecule has 1 N–H and O–H groups in total. The number of benzene rings is 1. The number of thiophene rings is 1. The second-order valence-corrected chi connectivity index (χ2v) is 6.36. The summed E-state index contributed by atoms with van der Waals surface area (Å²) < 4.78 is 5.41. The lowest BCUT2D eigenvalue weighted by atomic mass is 10.2. The van der Waals surface area contributed by atoms with Crippen molar-refractivity contribution in [3.63, 3.8) is 0 Å². The van der Waals surface area contributed by atoms with Crippen LogP contribution in [0.25, 0.3) is 11.1 Å². The van der Waals surface area contributed by atoms with Gasteiger partial charge in [-0.05, 0) is 40.6 Å². The predicted molar refractivity (Wildman–Crippen MR) is 98.1 cm³/mol. The number of ether oxygens (including phenoxy) is 1. The van der Waals surface area contributed by atoms with Crippen LogP contribution < -0.4 is 10.2 Å². The van der Waals surface area contributed by atoms with Gasteiger partial charge < -0.3 is 15.0 Å². The van der Waals surface area contributed by atoms with E-state index >= 15 is 0 Å². The summed E-state index contributed by atoms with van der Waals surface area (Å²) in [7, 11) is 0. The zero-order valence-corrected chi connectivity index (χ0v) is 14.0. The second-order valence-electron chi connectivity index (χ2n) is 5.58. The Morgan fingerprint density at radius 2 is 1.88 bits per heavy atom. The SMILES string of the molecule is c1cc(Nc2ncc(-c3ccsc3)cn2)cc(N2CCOCC2)c1. The standard InChI is InChI=1S/C18H18N4OS/c1-2-16(10-17(3-1)22-5-7-23-8-6-22)21-18-19-11-15(12-20-18)14-4-9-24-13-14/h1-4,9-13H,5-8H2,(H,19,20,21). The number of hydrogen-bond acceptors (Lipinski definition) is 6. The molecule has 3 heterocycles. The number of rotatable bonds is 4. The first-order valence-electron chi connectivity index (χ1n) is 7.93. The fourth-order valence-electron chi connectivity index (χ4n) is 2.70. The fourth-order valence-corrected chi connectivity index (χ4v) is 3.37. The number of morpholine rings is 1. The maximum absolute atomic E-state index is 5.41. The molecule has 0 atom stereocenters. The van der Waals surface area contributed by atoms with Crippen molar-refractivity contribution in [3.05, 3.63) is 53.5 Å². The molecule has 0 aliphatic carbocycles. The van der Waals surface area contributed by atoms with Crippen molar-refractivity contribution in [2.24, 2.45) is 0 Å². The molecular weight excluding hydrogens is 320 g/mol. The van der Waals surface area contributed by atoms with Gasteiger partial charge in [0.15, 0.2) is 0 Å². The molecule has 1 aromatic carbocycles. The smallest absolute Gasteiger partial charge is 0.227 e. The molecule has 1 saturated heterocycles. The number of anilines is 3. The maximum Gasteiger partial charge on any atom is 0.227 e. The zero-order chi connectivity index (χ0) is 16.2. The van der Waals surface area contributed by atoms with Crippen molar-refractivity contribution in [2.75, 3.05) is 36.5 Å². The van der Waals surface area contributed by atoms with E-state index in [4.69, 9.17) is 4.74 Å². The average molecular weight is 338 g/mol. The molecule has 1 fully saturated rings. The van der Waals surface area contributed by atoms with Crippen LogP contribution in [0.4, 0.5) is 17.3 Å². The van der Waals surface area contributed by atoms with Gasteiger partial charge >= 0.3 is 0 Å². The van der Waals surface area contributed by atoms with E-state index in [0.29, 0.717) is 5.95 Å². The third-order valence-corrected chi connectivity index (χ3v) is 4.67. The van der Waals surface area contributed by atoms with Gasteiger partial charge in [0.25, 0.3) is 0 Å². The molecule has 1 aliphatic heterocycles. The van der Waals surface area contributed by atoms with Gasteiger partial charge in [-0.1, -0.05) is 6.07 Å². The highest BCUT2D eigenvalue weighted by molar-refractivity contribution is 7.08. The van der Waals surface area contributed by atoms with Gasteiger partial charge in [0, 0.05) is 42.4 Å².